The number of hydrogen-bond acceptors (Lipinski definition) is 2. The molecule has 4 nitrogen and oxygen atoms in total. The second-order valence-electron chi connectivity index (χ2n) is 4.73. The highest BCUT2D eigenvalue weighted by Crippen LogP contribution is 2.22. The van der Waals surface area contributed by atoms with Gasteiger partial charge in [-0.3, -0.25) is 0 Å². The SMILES string of the molecule is Cc1ccc(NC(=O)NC(CO)c2ccccc2)c(Cl)c1. The van der Waals surface area contributed by atoms with Gasteiger partial charge in [-0.15, -0.1) is 0 Å². The third kappa shape index (κ3) is 4.21. The van der Waals surface area contributed by atoms with Crippen molar-refractivity contribution in [1.82, 2.24) is 5.32 Å². The van der Waals surface area contributed by atoms with Gasteiger partial charge in [-0.2, -0.15) is 0 Å². The number of aryl methyl sites for hydroxylation is 1. The Hall–Kier alpha value is -2.04. The van der Waals surface area contributed by atoms with Crippen LogP contribution in [0.5, 0.6) is 0 Å². The molecule has 0 aliphatic heterocycles. The molecule has 2 aromatic rings. The van der Waals surface area contributed by atoms with Crippen LogP contribution in [0.25, 0.3) is 0 Å². The molecule has 2 amide bonds. The number of carbonyl (C=O) groups excluding carboxylic acids is 1. The van der Waals surface area contributed by atoms with Gasteiger partial charge in [0.25, 0.3) is 0 Å². The van der Waals surface area contributed by atoms with Crippen LogP contribution in [0.15, 0.2) is 48.5 Å². The summed E-state index contributed by atoms with van der Waals surface area (Å²) in [7, 11) is 0. The maximum absolute atomic E-state index is 12.0. The van der Waals surface area contributed by atoms with Crippen LogP contribution in [0.1, 0.15) is 17.2 Å². The van der Waals surface area contributed by atoms with Crippen LogP contribution in [0.2, 0.25) is 5.02 Å². The van der Waals surface area contributed by atoms with E-state index in [4.69, 9.17) is 11.6 Å². The predicted molar refractivity (Wildman–Crippen MR) is 84.6 cm³/mol. The van der Waals surface area contributed by atoms with E-state index in [1.807, 2.05) is 43.3 Å². The Morgan fingerprint density at radius 2 is 1.95 bits per heavy atom. The standard InChI is InChI=1S/C16H17ClN2O2/c1-11-7-8-14(13(17)9-11)18-16(21)19-15(10-20)12-5-3-2-4-6-12/h2-9,15,20H,10H2,1H3,(H2,18,19,21). The van der Waals surface area contributed by atoms with Crippen LogP contribution in [0.3, 0.4) is 0 Å². The van der Waals surface area contributed by atoms with Crippen molar-refractivity contribution in [3.05, 3.63) is 64.7 Å². The van der Waals surface area contributed by atoms with E-state index in [1.165, 1.54) is 0 Å². The molecule has 0 saturated carbocycles. The number of anilines is 1. The Morgan fingerprint density at radius 3 is 2.57 bits per heavy atom. The fourth-order valence-corrected chi connectivity index (χ4v) is 2.24. The third-order valence-electron chi connectivity index (χ3n) is 3.06. The predicted octanol–water partition coefficient (Wildman–Crippen LogP) is 3.50. The molecule has 110 valence electrons. The first-order chi connectivity index (χ1) is 10.1. The van der Waals surface area contributed by atoms with Gasteiger partial charge in [-0.05, 0) is 30.2 Å². The minimum atomic E-state index is -0.463. The summed E-state index contributed by atoms with van der Waals surface area (Å²) in [5.41, 5.74) is 2.39. The average Bonchev–Trinajstić information content (AvgIpc) is 2.48. The molecular weight excluding hydrogens is 288 g/mol. The number of benzene rings is 2. The number of amides is 2. The minimum absolute atomic E-state index is 0.181. The molecule has 5 heteroatoms. The maximum atomic E-state index is 12.0. The summed E-state index contributed by atoms with van der Waals surface area (Å²) in [5.74, 6) is 0. The molecule has 2 rings (SSSR count). The van der Waals surface area contributed by atoms with Crippen LogP contribution in [0, 0.1) is 6.92 Å². The number of urea groups is 1. The van der Waals surface area contributed by atoms with Crippen molar-refractivity contribution in [3.63, 3.8) is 0 Å². The highest BCUT2D eigenvalue weighted by Gasteiger charge is 2.14. The fourth-order valence-electron chi connectivity index (χ4n) is 1.96. The summed E-state index contributed by atoms with van der Waals surface area (Å²) >= 11 is 6.07. The zero-order valence-electron chi connectivity index (χ0n) is 11.6. The molecule has 2 aromatic carbocycles. The summed E-state index contributed by atoms with van der Waals surface area (Å²) in [6.45, 7) is 1.74. The van der Waals surface area contributed by atoms with Crippen LogP contribution in [0.4, 0.5) is 10.5 Å². The van der Waals surface area contributed by atoms with Crippen LogP contribution in [-0.2, 0) is 0 Å². The van der Waals surface area contributed by atoms with Gasteiger partial charge in [-0.25, -0.2) is 4.79 Å². The Balaban J connectivity index is 2.03. The maximum Gasteiger partial charge on any atom is 0.319 e. The molecular formula is C16H17ClN2O2. The van der Waals surface area contributed by atoms with E-state index >= 15 is 0 Å². The van der Waals surface area contributed by atoms with Gasteiger partial charge >= 0.3 is 6.03 Å². The molecule has 0 radical (unpaired) electrons. The van der Waals surface area contributed by atoms with Gasteiger partial charge < -0.3 is 15.7 Å². The van der Waals surface area contributed by atoms with E-state index in [0.29, 0.717) is 10.7 Å². The average molecular weight is 305 g/mol. The van der Waals surface area contributed by atoms with E-state index in [1.54, 1.807) is 12.1 Å². The first kappa shape index (κ1) is 15.4. The molecule has 0 fully saturated rings. The molecule has 0 aromatic heterocycles. The normalized spacial score (nSPS) is 11.8. The van der Waals surface area contributed by atoms with Crippen molar-refractivity contribution in [2.45, 2.75) is 13.0 Å². The summed E-state index contributed by atoms with van der Waals surface area (Å²) < 4.78 is 0. The first-order valence-corrected chi connectivity index (χ1v) is 6.97. The second kappa shape index (κ2) is 7.11. The molecule has 0 bridgehead atoms. The topological polar surface area (TPSA) is 61.4 Å². The van der Waals surface area contributed by atoms with E-state index in [2.05, 4.69) is 10.6 Å². The molecule has 0 saturated heterocycles. The van der Waals surface area contributed by atoms with E-state index in [-0.39, 0.29) is 6.61 Å². The number of aliphatic hydroxyl groups excluding tert-OH is 1. The fraction of sp³-hybridized carbons (Fsp3) is 0.188. The Labute approximate surface area is 128 Å². The number of hydrogen-bond donors (Lipinski definition) is 3. The number of nitrogens with one attached hydrogen (secondary N) is 2. The van der Waals surface area contributed by atoms with Crippen LogP contribution < -0.4 is 10.6 Å². The highest BCUT2D eigenvalue weighted by atomic mass is 35.5. The monoisotopic (exact) mass is 304 g/mol. The van der Waals surface area contributed by atoms with E-state index in [9.17, 15) is 9.90 Å². The highest BCUT2D eigenvalue weighted by molar-refractivity contribution is 6.33. The lowest BCUT2D eigenvalue weighted by molar-refractivity contribution is 0.225. The molecule has 3 N–H and O–H groups in total. The summed E-state index contributed by atoms with van der Waals surface area (Å²) in [5, 5.41) is 15.3. The van der Waals surface area contributed by atoms with E-state index < -0.39 is 12.1 Å². The zero-order valence-corrected chi connectivity index (χ0v) is 12.4. The van der Waals surface area contributed by atoms with Crippen molar-refractivity contribution in [2.24, 2.45) is 0 Å². The minimum Gasteiger partial charge on any atom is -0.394 e. The van der Waals surface area contributed by atoms with Crippen molar-refractivity contribution < 1.29 is 9.90 Å². The molecule has 0 aliphatic rings. The van der Waals surface area contributed by atoms with Gasteiger partial charge in [0, 0.05) is 0 Å². The van der Waals surface area contributed by atoms with E-state index in [0.717, 1.165) is 11.1 Å². The van der Waals surface area contributed by atoms with Crippen LogP contribution in [-0.4, -0.2) is 17.7 Å². The molecule has 1 unspecified atom stereocenters. The van der Waals surface area contributed by atoms with Gasteiger partial charge in [-0.1, -0.05) is 48.0 Å². The second-order valence-corrected chi connectivity index (χ2v) is 5.13. The molecule has 1 atom stereocenters. The number of carbonyl (C=O) groups is 1. The molecule has 0 heterocycles. The van der Waals surface area contributed by atoms with Crippen molar-refractivity contribution in [3.8, 4) is 0 Å². The van der Waals surface area contributed by atoms with Gasteiger partial charge in [0.05, 0.1) is 23.4 Å². The lowest BCUT2D eigenvalue weighted by Crippen LogP contribution is -2.34. The summed E-state index contributed by atoms with van der Waals surface area (Å²) in [6.07, 6.45) is 0. The van der Waals surface area contributed by atoms with Crippen molar-refractivity contribution >= 4 is 23.3 Å². The lowest BCUT2D eigenvalue weighted by Gasteiger charge is -2.17. The zero-order chi connectivity index (χ0) is 15.2. The lowest BCUT2D eigenvalue weighted by atomic mass is 10.1. The largest absolute Gasteiger partial charge is 0.394 e. The Bertz CT molecular complexity index is 617. The summed E-state index contributed by atoms with van der Waals surface area (Å²) in [6, 6.07) is 13.8. The van der Waals surface area contributed by atoms with Crippen LogP contribution >= 0.6 is 11.6 Å². The Kier molecular flexibility index (Phi) is 5.20. The molecule has 21 heavy (non-hydrogen) atoms. The van der Waals surface area contributed by atoms with Gasteiger partial charge in [0.15, 0.2) is 0 Å². The first-order valence-electron chi connectivity index (χ1n) is 6.59. The van der Waals surface area contributed by atoms with Crippen molar-refractivity contribution in [1.29, 1.82) is 0 Å². The smallest absolute Gasteiger partial charge is 0.319 e. The quantitative estimate of drug-likeness (QED) is 0.809. The molecule has 0 aliphatic carbocycles. The Morgan fingerprint density at radius 1 is 1.24 bits per heavy atom. The summed E-state index contributed by atoms with van der Waals surface area (Å²) in [4.78, 5) is 12.0. The third-order valence-corrected chi connectivity index (χ3v) is 3.38. The van der Waals surface area contributed by atoms with Gasteiger partial charge in [0.2, 0.25) is 0 Å². The number of aliphatic hydroxyl groups is 1. The number of halogens is 1. The van der Waals surface area contributed by atoms with Crippen molar-refractivity contribution in [2.75, 3.05) is 11.9 Å². The molecule has 0 spiro atoms. The number of rotatable bonds is 4. The van der Waals surface area contributed by atoms with Gasteiger partial charge in [0.1, 0.15) is 0 Å².